The highest BCUT2D eigenvalue weighted by Crippen LogP contribution is 2.30. The average Bonchev–Trinajstić information content (AvgIpc) is 2.20. The minimum atomic E-state index is 0.749. The Hall–Kier alpha value is -1.08. The number of benzene rings is 1. The summed E-state index contributed by atoms with van der Waals surface area (Å²) < 4.78 is 0. The van der Waals surface area contributed by atoms with Gasteiger partial charge in [-0.1, -0.05) is 24.3 Å². The fourth-order valence-electron chi connectivity index (χ4n) is 2.23. The highest BCUT2D eigenvalue weighted by molar-refractivity contribution is 5.71. The molecule has 74 valence electrons. The van der Waals surface area contributed by atoms with Crippen molar-refractivity contribution in [2.45, 2.75) is 26.2 Å². The van der Waals surface area contributed by atoms with E-state index in [4.69, 9.17) is 5.73 Å². The molecule has 1 aliphatic rings. The van der Waals surface area contributed by atoms with Crippen LogP contribution in [0.2, 0.25) is 0 Å². The van der Waals surface area contributed by atoms with Gasteiger partial charge < -0.3 is 5.73 Å². The molecule has 1 aliphatic carbocycles. The first-order valence-corrected chi connectivity index (χ1v) is 5.31. The van der Waals surface area contributed by atoms with Gasteiger partial charge >= 0.3 is 0 Å². The lowest BCUT2D eigenvalue weighted by atomic mass is 9.87. The Morgan fingerprint density at radius 1 is 1.36 bits per heavy atom. The molecule has 0 atom stereocenters. The molecule has 0 aliphatic heterocycles. The summed E-state index contributed by atoms with van der Waals surface area (Å²) in [5.41, 5.74) is 11.4. The zero-order valence-electron chi connectivity index (χ0n) is 8.72. The van der Waals surface area contributed by atoms with Crippen molar-refractivity contribution >= 4 is 5.57 Å². The summed E-state index contributed by atoms with van der Waals surface area (Å²) in [6.45, 7) is 2.95. The third kappa shape index (κ3) is 1.60. The lowest BCUT2D eigenvalue weighted by Crippen LogP contribution is -2.06. The molecule has 0 bridgehead atoms. The van der Waals surface area contributed by atoms with Crippen LogP contribution in [0.15, 0.2) is 24.3 Å². The predicted molar refractivity (Wildman–Crippen MR) is 61.1 cm³/mol. The van der Waals surface area contributed by atoms with E-state index in [2.05, 4.69) is 31.2 Å². The third-order valence-electron chi connectivity index (χ3n) is 2.95. The monoisotopic (exact) mass is 187 g/mol. The van der Waals surface area contributed by atoms with E-state index in [1.54, 1.807) is 0 Å². The van der Waals surface area contributed by atoms with Gasteiger partial charge in [-0.2, -0.15) is 0 Å². The SMILES string of the molecule is Cc1cccc2c1CCC=C2CCN. The van der Waals surface area contributed by atoms with Crippen LogP contribution in [-0.4, -0.2) is 6.54 Å². The zero-order valence-corrected chi connectivity index (χ0v) is 8.72. The minimum Gasteiger partial charge on any atom is -0.330 e. The van der Waals surface area contributed by atoms with Crippen molar-refractivity contribution in [3.8, 4) is 0 Å². The predicted octanol–water partition coefficient (Wildman–Crippen LogP) is 2.67. The van der Waals surface area contributed by atoms with Crippen molar-refractivity contribution in [1.29, 1.82) is 0 Å². The van der Waals surface area contributed by atoms with Crippen LogP contribution in [0.1, 0.15) is 29.5 Å². The molecule has 0 spiro atoms. The van der Waals surface area contributed by atoms with Crippen LogP contribution in [0.4, 0.5) is 0 Å². The molecule has 0 unspecified atom stereocenters. The van der Waals surface area contributed by atoms with Crippen LogP contribution in [0.5, 0.6) is 0 Å². The van der Waals surface area contributed by atoms with E-state index in [1.807, 2.05) is 0 Å². The summed E-state index contributed by atoms with van der Waals surface area (Å²) >= 11 is 0. The van der Waals surface area contributed by atoms with Gasteiger partial charge in [0.1, 0.15) is 0 Å². The van der Waals surface area contributed by atoms with E-state index in [1.165, 1.54) is 35.1 Å². The molecule has 1 aromatic rings. The van der Waals surface area contributed by atoms with Crippen LogP contribution in [0, 0.1) is 6.92 Å². The van der Waals surface area contributed by atoms with Crippen LogP contribution < -0.4 is 5.73 Å². The van der Waals surface area contributed by atoms with Crippen molar-refractivity contribution in [3.63, 3.8) is 0 Å². The van der Waals surface area contributed by atoms with Gasteiger partial charge in [0.15, 0.2) is 0 Å². The Kier molecular flexibility index (Phi) is 2.69. The number of allylic oxidation sites excluding steroid dienone is 1. The van der Waals surface area contributed by atoms with Gasteiger partial charge in [0.2, 0.25) is 0 Å². The second-order valence-electron chi connectivity index (χ2n) is 3.91. The van der Waals surface area contributed by atoms with E-state index in [0.717, 1.165) is 13.0 Å². The first-order valence-electron chi connectivity index (χ1n) is 5.31. The Morgan fingerprint density at radius 3 is 3.00 bits per heavy atom. The number of nitrogens with two attached hydrogens (primary N) is 1. The molecule has 0 aromatic heterocycles. The molecule has 1 aromatic carbocycles. The van der Waals surface area contributed by atoms with E-state index in [-0.39, 0.29) is 0 Å². The fourth-order valence-corrected chi connectivity index (χ4v) is 2.23. The molecular weight excluding hydrogens is 170 g/mol. The summed E-state index contributed by atoms with van der Waals surface area (Å²) in [7, 11) is 0. The highest BCUT2D eigenvalue weighted by Gasteiger charge is 2.12. The Labute approximate surface area is 85.6 Å². The fraction of sp³-hybridized carbons (Fsp3) is 0.385. The van der Waals surface area contributed by atoms with Crippen molar-refractivity contribution in [3.05, 3.63) is 41.0 Å². The van der Waals surface area contributed by atoms with Gasteiger partial charge in [0.25, 0.3) is 0 Å². The molecule has 2 rings (SSSR count). The van der Waals surface area contributed by atoms with Gasteiger partial charge in [-0.3, -0.25) is 0 Å². The smallest absolute Gasteiger partial charge is 0.00366 e. The summed E-state index contributed by atoms with van der Waals surface area (Å²) in [5, 5.41) is 0. The van der Waals surface area contributed by atoms with Gasteiger partial charge in [-0.15, -0.1) is 0 Å². The van der Waals surface area contributed by atoms with Crippen molar-refractivity contribution in [2.75, 3.05) is 6.54 Å². The maximum Gasteiger partial charge on any atom is -0.00366 e. The van der Waals surface area contributed by atoms with Crippen molar-refractivity contribution < 1.29 is 0 Å². The van der Waals surface area contributed by atoms with E-state index >= 15 is 0 Å². The lowest BCUT2D eigenvalue weighted by Gasteiger charge is -2.19. The van der Waals surface area contributed by atoms with Gasteiger partial charge in [-0.05, 0) is 55.0 Å². The molecule has 0 saturated carbocycles. The first kappa shape index (κ1) is 9.47. The number of aryl methyl sites for hydroxylation is 1. The molecule has 0 radical (unpaired) electrons. The number of fused-ring (bicyclic) bond motifs is 1. The second-order valence-corrected chi connectivity index (χ2v) is 3.91. The summed E-state index contributed by atoms with van der Waals surface area (Å²) in [6.07, 6.45) is 5.72. The summed E-state index contributed by atoms with van der Waals surface area (Å²) in [5.74, 6) is 0. The maximum absolute atomic E-state index is 5.61. The van der Waals surface area contributed by atoms with Crippen LogP contribution in [0.3, 0.4) is 0 Å². The molecule has 1 heteroatoms. The van der Waals surface area contributed by atoms with Crippen LogP contribution in [0.25, 0.3) is 5.57 Å². The van der Waals surface area contributed by atoms with E-state index in [0.29, 0.717) is 0 Å². The molecule has 14 heavy (non-hydrogen) atoms. The van der Waals surface area contributed by atoms with Gasteiger partial charge in [-0.25, -0.2) is 0 Å². The largest absolute Gasteiger partial charge is 0.330 e. The lowest BCUT2D eigenvalue weighted by molar-refractivity contribution is 0.930. The van der Waals surface area contributed by atoms with E-state index < -0.39 is 0 Å². The highest BCUT2D eigenvalue weighted by atomic mass is 14.5. The maximum atomic E-state index is 5.61. The van der Waals surface area contributed by atoms with Gasteiger partial charge in [0.05, 0.1) is 0 Å². The normalized spacial score (nSPS) is 14.9. The number of hydrogen-bond acceptors (Lipinski definition) is 1. The standard InChI is InChI=1S/C13H17N/c1-10-4-2-7-13-11(8-9-14)5-3-6-12(10)13/h2,4-5,7H,3,6,8-9,14H2,1H3. The molecule has 0 saturated heterocycles. The minimum absolute atomic E-state index is 0.749. The quantitative estimate of drug-likeness (QED) is 0.757. The zero-order chi connectivity index (χ0) is 9.97. The summed E-state index contributed by atoms with van der Waals surface area (Å²) in [6, 6.07) is 6.57. The average molecular weight is 187 g/mol. The summed E-state index contributed by atoms with van der Waals surface area (Å²) in [4.78, 5) is 0. The molecule has 1 nitrogen and oxygen atoms in total. The topological polar surface area (TPSA) is 26.0 Å². The van der Waals surface area contributed by atoms with Crippen LogP contribution in [-0.2, 0) is 6.42 Å². The Morgan fingerprint density at radius 2 is 2.21 bits per heavy atom. The van der Waals surface area contributed by atoms with Gasteiger partial charge in [0, 0.05) is 0 Å². The third-order valence-corrected chi connectivity index (χ3v) is 2.95. The molecule has 2 N–H and O–H groups in total. The number of rotatable bonds is 2. The number of hydrogen-bond donors (Lipinski definition) is 1. The molecule has 0 fully saturated rings. The van der Waals surface area contributed by atoms with E-state index in [9.17, 15) is 0 Å². The first-order chi connectivity index (χ1) is 6.83. The van der Waals surface area contributed by atoms with Crippen molar-refractivity contribution in [2.24, 2.45) is 5.73 Å². The molecule has 0 amide bonds. The van der Waals surface area contributed by atoms with Crippen LogP contribution >= 0.6 is 0 Å². The molecular formula is C13H17N. The Bertz CT molecular complexity index is 363. The molecule has 0 heterocycles. The second kappa shape index (κ2) is 3.97. The van der Waals surface area contributed by atoms with Crippen molar-refractivity contribution in [1.82, 2.24) is 0 Å². The Balaban J connectivity index is 2.43.